The molecule has 1 aliphatic heterocycles. The van der Waals surface area contributed by atoms with Crippen LogP contribution in [-0.2, 0) is 13.1 Å². The van der Waals surface area contributed by atoms with Crippen molar-refractivity contribution in [2.75, 3.05) is 32.1 Å². The van der Waals surface area contributed by atoms with E-state index in [1.807, 2.05) is 19.0 Å². The molecule has 0 aliphatic carbocycles. The second-order valence-corrected chi connectivity index (χ2v) is 8.72. The molecule has 0 spiro atoms. The predicted molar refractivity (Wildman–Crippen MR) is 139 cm³/mol. The van der Waals surface area contributed by atoms with Gasteiger partial charge in [0.05, 0.1) is 12.2 Å². The summed E-state index contributed by atoms with van der Waals surface area (Å²) in [5, 5.41) is 10.1. The number of likely N-dealkylation sites (tertiary alicyclic amines) is 1. The quantitative estimate of drug-likeness (QED) is 0.316. The number of benzene rings is 1. The molecule has 2 atom stereocenters. The second kappa shape index (κ2) is 12.5. The molecule has 2 heterocycles. The van der Waals surface area contributed by atoms with Gasteiger partial charge in [0.25, 0.3) is 0 Å². The first-order valence-corrected chi connectivity index (χ1v) is 11.4. The SMILES string of the molecule is CCNC(=NCc1csc(N(C)C)n1)NC1CCN(Cc2ccccc2)C(C)C1.I. The topological polar surface area (TPSA) is 55.8 Å². The maximum atomic E-state index is 4.77. The Kier molecular flexibility index (Phi) is 10.3. The van der Waals surface area contributed by atoms with Gasteiger partial charge in [0.2, 0.25) is 0 Å². The summed E-state index contributed by atoms with van der Waals surface area (Å²) >= 11 is 1.66. The van der Waals surface area contributed by atoms with E-state index in [4.69, 9.17) is 4.99 Å². The third-order valence-corrected chi connectivity index (χ3v) is 6.31. The number of aliphatic imine (C=N–C) groups is 1. The minimum Gasteiger partial charge on any atom is -0.357 e. The van der Waals surface area contributed by atoms with Gasteiger partial charge in [0.1, 0.15) is 0 Å². The van der Waals surface area contributed by atoms with Crippen LogP contribution in [-0.4, -0.2) is 55.1 Å². The lowest BCUT2D eigenvalue weighted by Crippen LogP contribution is -2.51. The molecule has 0 bridgehead atoms. The van der Waals surface area contributed by atoms with Crippen molar-refractivity contribution in [3.8, 4) is 0 Å². The van der Waals surface area contributed by atoms with Crippen molar-refractivity contribution in [2.24, 2.45) is 4.99 Å². The van der Waals surface area contributed by atoms with Gasteiger partial charge in [-0.25, -0.2) is 9.98 Å². The van der Waals surface area contributed by atoms with Crippen molar-refractivity contribution < 1.29 is 0 Å². The number of rotatable bonds is 7. The van der Waals surface area contributed by atoms with Crippen LogP contribution in [0.4, 0.5) is 5.13 Å². The first-order valence-electron chi connectivity index (χ1n) is 10.5. The molecular formula is C22H35IN6S. The standard InChI is InChI=1S/C22H34N6S.HI/c1-5-23-21(24-14-20-16-29-22(26-20)27(3)4)25-19-11-12-28(17(2)13-19)15-18-9-7-6-8-10-18;/h6-10,16-17,19H,5,11-15H2,1-4H3,(H2,23,24,25);1H. The summed E-state index contributed by atoms with van der Waals surface area (Å²) in [5.41, 5.74) is 2.41. The van der Waals surface area contributed by atoms with Crippen LogP contribution in [0.25, 0.3) is 0 Å². The Hall–Kier alpha value is -1.39. The molecule has 1 aliphatic rings. The Morgan fingerprint density at radius 3 is 2.70 bits per heavy atom. The molecule has 1 aromatic carbocycles. The fourth-order valence-corrected chi connectivity index (χ4v) is 4.40. The molecule has 3 rings (SSSR count). The van der Waals surface area contributed by atoms with E-state index in [1.165, 1.54) is 5.56 Å². The highest BCUT2D eigenvalue weighted by Crippen LogP contribution is 2.20. The summed E-state index contributed by atoms with van der Waals surface area (Å²) in [4.78, 5) is 14.0. The van der Waals surface area contributed by atoms with E-state index in [-0.39, 0.29) is 24.0 Å². The molecule has 0 amide bonds. The minimum absolute atomic E-state index is 0. The van der Waals surface area contributed by atoms with Gasteiger partial charge in [-0.15, -0.1) is 35.3 Å². The average molecular weight is 543 g/mol. The zero-order chi connectivity index (χ0) is 20.6. The summed E-state index contributed by atoms with van der Waals surface area (Å²) in [7, 11) is 4.03. The number of nitrogens with one attached hydrogen (secondary N) is 2. The maximum Gasteiger partial charge on any atom is 0.191 e. The first kappa shape index (κ1) is 24.9. The molecule has 30 heavy (non-hydrogen) atoms. The molecule has 1 aromatic heterocycles. The van der Waals surface area contributed by atoms with Crippen LogP contribution in [0.2, 0.25) is 0 Å². The number of aromatic nitrogens is 1. The number of hydrogen-bond acceptors (Lipinski definition) is 5. The smallest absolute Gasteiger partial charge is 0.191 e. The number of hydrogen-bond donors (Lipinski definition) is 2. The maximum absolute atomic E-state index is 4.77. The van der Waals surface area contributed by atoms with Gasteiger partial charge in [0, 0.05) is 51.2 Å². The van der Waals surface area contributed by atoms with Crippen molar-refractivity contribution in [2.45, 2.75) is 51.9 Å². The van der Waals surface area contributed by atoms with E-state index in [2.05, 4.69) is 70.1 Å². The molecule has 166 valence electrons. The number of anilines is 1. The summed E-state index contributed by atoms with van der Waals surface area (Å²) in [6.07, 6.45) is 2.25. The molecular weight excluding hydrogens is 507 g/mol. The van der Waals surface area contributed by atoms with Crippen molar-refractivity contribution >= 4 is 46.4 Å². The van der Waals surface area contributed by atoms with Crippen LogP contribution in [0.5, 0.6) is 0 Å². The van der Waals surface area contributed by atoms with Crippen molar-refractivity contribution in [1.29, 1.82) is 0 Å². The van der Waals surface area contributed by atoms with Crippen LogP contribution in [0.15, 0.2) is 40.7 Å². The van der Waals surface area contributed by atoms with Crippen molar-refractivity contribution in [1.82, 2.24) is 20.5 Å². The number of guanidine groups is 1. The summed E-state index contributed by atoms with van der Waals surface area (Å²) < 4.78 is 0. The molecule has 6 nitrogen and oxygen atoms in total. The summed E-state index contributed by atoms with van der Waals surface area (Å²) in [6, 6.07) is 11.8. The third kappa shape index (κ3) is 7.39. The minimum atomic E-state index is 0. The molecule has 2 aromatic rings. The Labute approximate surface area is 202 Å². The predicted octanol–water partition coefficient (Wildman–Crippen LogP) is 3.94. The highest BCUT2D eigenvalue weighted by molar-refractivity contribution is 14.0. The highest BCUT2D eigenvalue weighted by Gasteiger charge is 2.26. The molecule has 2 unspecified atom stereocenters. The van der Waals surface area contributed by atoms with Gasteiger partial charge >= 0.3 is 0 Å². The van der Waals surface area contributed by atoms with E-state index in [9.17, 15) is 0 Å². The summed E-state index contributed by atoms with van der Waals surface area (Å²) in [6.45, 7) is 8.02. The number of nitrogens with zero attached hydrogens (tertiary/aromatic N) is 4. The van der Waals surface area contributed by atoms with Gasteiger partial charge in [-0.3, -0.25) is 4.90 Å². The van der Waals surface area contributed by atoms with E-state index < -0.39 is 0 Å². The third-order valence-electron chi connectivity index (χ3n) is 5.25. The molecule has 1 saturated heterocycles. The van der Waals surface area contributed by atoms with Crippen molar-refractivity contribution in [3.05, 3.63) is 47.0 Å². The van der Waals surface area contributed by atoms with Crippen LogP contribution < -0.4 is 15.5 Å². The Bertz CT molecular complexity index is 779. The van der Waals surface area contributed by atoms with Crippen LogP contribution in [0.1, 0.15) is 37.9 Å². The fraction of sp³-hybridized carbons (Fsp3) is 0.545. The van der Waals surface area contributed by atoms with Crippen LogP contribution >= 0.6 is 35.3 Å². The lowest BCUT2D eigenvalue weighted by atomic mass is 9.97. The van der Waals surface area contributed by atoms with Gasteiger partial charge in [-0.2, -0.15) is 0 Å². The number of thiazole rings is 1. The first-order chi connectivity index (χ1) is 14.0. The van der Waals surface area contributed by atoms with E-state index >= 15 is 0 Å². The van der Waals surface area contributed by atoms with Gasteiger partial charge in [-0.05, 0) is 32.3 Å². The fourth-order valence-electron chi connectivity index (χ4n) is 3.65. The lowest BCUT2D eigenvalue weighted by Gasteiger charge is -2.38. The van der Waals surface area contributed by atoms with E-state index in [0.717, 1.165) is 49.3 Å². The number of piperidine rings is 1. The van der Waals surface area contributed by atoms with Crippen LogP contribution in [0.3, 0.4) is 0 Å². The molecule has 0 saturated carbocycles. The molecule has 1 fully saturated rings. The Balaban J connectivity index is 0.00000320. The van der Waals surface area contributed by atoms with Gasteiger partial charge in [-0.1, -0.05) is 30.3 Å². The second-order valence-electron chi connectivity index (χ2n) is 7.88. The van der Waals surface area contributed by atoms with Gasteiger partial charge in [0.15, 0.2) is 11.1 Å². The van der Waals surface area contributed by atoms with Crippen LogP contribution in [0, 0.1) is 0 Å². The zero-order valence-corrected chi connectivity index (χ0v) is 21.6. The van der Waals surface area contributed by atoms with Crippen molar-refractivity contribution in [3.63, 3.8) is 0 Å². The normalized spacial score (nSPS) is 19.8. The number of halogens is 1. The lowest BCUT2D eigenvalue weighted by molar-refractivity contribution is 0.134. The van der Waals surface area contributed by atoms with Gasteiger partial charge < -0.3 is 15.5 Å². The molecule has 8 heteroatoms. The average Bonchev–Trinajstić information content (AvgIpc) is 3.19. The largest absolute Gasteiger partial charge is 0.357 e. The zero-order valence-electron chi connectivity index (χ0n) is 18.5. The summed E-state index contributed by atoms with van der Waals surface area (Å²) in [5.74, 6) is 0.889. The van der Waals surface area contributed by atoms with E-state index in [1.54, 1.807) is 11.3 Å². The highest BCUT2D eigenvalue weighted by atomic mass is 127. The molecule has 0 radical (unpaired) electrons. The Morgan fingerprint density at radius 2 is 2.07 bits per heavy atom. The Morgan fingerprint density at radius 1 is 1.30 bits per heavy atom. The monoisotopic (exact) mass is 542 g/mol. The molecule has 2 N–H and O–H groups in total. The van der Waals surface area contributed by atoms with E-state index in [0.29, 0.717) is 18.6 Å².